The molecule has 1 fully saturated rings. The van der Waals surface area contributed by atoms with Crippen LogP contribution in [0, 0.1) is 15.9 Å². The van der Waals surface area contributed by atoms with Crippen LogP contribution < -0.4 is 10.2 Å². The van der Waals surface area contributed by atoms with Gasteiger partial charge in [-0.05, 0) is 49.2 Å². The molecule has 3 aromatic rings. The maximum atomic E-state index is 13.1. The Morgan fingerprint density at radius 2 is 1.90 bits per heavy atom. The fourth-order valence-electron chi connectivity index (χ4n) is 3.84. The van der Waals surface area contributed by atoms with Crippen molar-refractivity contribution >= 4 is 22.8 Å². The molecule has 1 aliphatic rings. The third-order valence-corrected chi connectivity index (χ3v) is 5.51. The zero-order valence-corrected chi connectivity index (χ0v) is 17.0. The number of nitrogens with zero attached hydrogens (tertiary/aromatic N) is 4. The van der Waals surface area contributed by atoms with Crippen LogP contribution in [0.15, 0.2) is 54.9 Å². The number of carbonyl (C=O) groups is 1. The molecule has 9 heteroatoms. The number of carbonyl (C=O) groups excluding carboxylic acids is 1. The van der Waals surface area contributed by atoms with E-state index in [9.17, 15) is 19.3 Å². The SMILES string of the molecule is Cn1ccnc1C(=O)c1ccc(N2CCC(Nc3ccc(F)cc3)CC2)c([N+](=O)[O-])c1. The van der Waals surface area contributed by atoms with Crippen LogP contribution in [-0.2, 0) is 7.05 Å². The molecule has 8 nitrogen and oxygen atoms in total. The number of aryl methyl sites for hydroxylation is 1. The Bertz CT molecular complexity index is 1100. The number of nitrogens with one attached hydrogen (secondary N) is 1. The number of imidazole rings is 1. The Hall–Kier alpha value is -3.75. The fraction of sp³-hybridized carbons (Fsp3) is 0.273. The Kier molecular flexibility index (Phi) is 5.66. The monoisotopic (exact) mass is 423 g/mol. The largest absolute Gasteiger partial charge is 0.382 e. The van der Waals surface area contributed by atoms with Crippen LogP contribution in [0.3, 0.4) is 0 Å². The minimum atomic E-state index is -0.451. The van der Waals surface area contributed by atoms with Crippen molar-refractivity contribution in [1.29, 1.82) is 0 Å². The molecule has 0 aliphatic carbocycles. The topological polar surface area (TPSA) is 93.3 Å². The highest BCUT2D eigenvalue weighted by atomic mass is 19.1. The van der Waals surface area contributed by atoms with Gasteiger partial charge in [0.05, 0.1) is 4.92 Å². The summed E-state index contributed by atoms with van der Waals surface area (Å²) in [6, 6.07) is 11.0. The summed E-state index contributed by atoms with van der Waals surface area (Å²) in [6.45, 7) is 1.26. The lowest BCUT2D eigenvalue weighted by Crippen LogP contribution is -2.39. The summed E-state index contributed by atoms with van der Waals surface area (Å²) in [4.78, 5) is 30.0. The van der Waals surface area contributed by atoms with Gasteiger partial charge in [0.15, 0.2) is 5.82 Å². The van der Waals surface area contributed by atoms with Crippen molar-refractivity contribution in [2.45, 2.75) is 18.9 Å². The second-order valence-electron chi connectivity index (χ2n) is 7.56. The molecule has 0 spiro atoms. The Morgan fingerprint density at radius 3 is 2.52 bits per heavy atom. The lowest BCUT2D eigenvalue weighted by Gasteiger charge is -2.34. The molecule has 0 saturated carbocycles. The zero-order chi connectivity index (χ0) is 22.0. The number of ketones is 1. The maximum absolute atomic E-state index is 13.1. The highest BCUT2D eigenvalue weighted by Gasteiger charge is 2.27. The number of benzene rings is 2. The van der Waals surface area contributed by atoms with E-state index in [0.717, 1.165) is 18.5 Å². The first kappa shape index (κ1) is 20.5. The second kappa shape index (κ2) is 8.55. The summed E-state index contributed by atoms with van der Waals surface area (Å²) in [6.07, 6.45) is 4.73. The van der Waals surface area contributed by atoms with Gasteiger partial charge in [-0.1, -0.05) is 0 Å². The summed E-state index contributed by atoms with van der Waals surface area (Å²) in [5, 5.41) is 15.1. The molecule has 0 unspecified atom stereocenters. The molecule has 160 valence electrons. The van der Waals surface area contributed by atoms with E-state index in [1.807, 2.05) is 4.90 Å². The smallest absolute Gasteiger partial charge is 0.293 e. The molecular formula is C22H22FN5O3. The minimum absolute atomic E-state index is 0.0926. The summed E-state index contributed by atoms with van der Waals surface area (Å²) < 4.78 is 14.7. The van der Waals surface area contributed by atoms with Gasteiger partial charge in [0.2, 0.25) is 5.78 Å². The van der Waals surface area contributed by atoms with Crippen molar-refractivity contribution in [3.05, 3.63) is 82.2 Å². The van der Waals surface area contributed by atoms with Crippen molar-refractivity contribution in [3.8, 4) is 0 Å². The molecule has 0 atom stereocenters. The van der Waals surface area contributed by atoms with Crippen LogP contribution >= 0.6 is 0 Å². The number of nitro groups is 1. The lowest BCUT2D eigenvalue weighted by atomic mass is 10.0. The average Bonchev–Trinajstić information content (AvgIpc) is 3.21. The standard InChI is InChI=1S/C22H22FN5O3/c1-26-13-10-24-22(26)21(29)15-2-7-19(20(14-15)28(30)31)27-11-8-18(9-12-27)25-17-5-3-16(23)4-6-17/h2-7,10,13-14,18,25H,8-9,11-12H2,1H3. The van der Waals surface area contributed by atoms with Gasteiger partial charge in [-0.15, -0.1) is 0 Å². The molecule has 0 radical (unpaired) electrons. The molecule has 1 saturated heterocycles. The predicted octanol–water partition coefficient (Wildman–Crippen LogP) is 3.78. The normalized spacial score (nSPS) is 14.5. The van der Waals surface area contributed by atoms with Crippen LogP contribution in [0.1, 0.15) is 29.0 Å². The number of piperidine rings is 1. The number of nitro benzene ring substituents is 1. The van der Waals surface area contributed by atoms with Crippen LogP contribution in [-0.4, -0.2) is 39.4 Å². The quantitative estimate of drug-likeness (QED) is 0.368. The first-order chi connectivity index (χ1) is 14.9. The molecule has 0 amide bonds. The maximum Gasteiger partial charge on any atom is 0.293 e. The molecule has 2 heterocycles. The van der Waals surface area contributed by atoms with E-state index in [4.69, 9.17) is 0 Å². The van der Waals surface area contributed by atoms with E-state index in [1.165, 1.54) is 24.4 Å². The number of anilines is 2. The predicted molar refractivity (Wildman–Crippen MR) is 115 cm³/mol. The van der Waals surface area contributed by atoms with E-state index in [0.29, 0.717) is 18.8 Å². The van der Waals surface area contributed by atoms with Gasteiger partial charge in [0.1, 0.15) is 11.5 Å². The number of aromatic nitrogens is 2. The van der Waals surface area contributed by atoms with Crippen LogP contribution in [0.2, 0.25) is 0 Å². The van der Waals surface area contributed by atoms with Gasteiger partial charge < -0.3 is 14.8 Å². The van der Waals surface area contributed by atoms with Crippen LogP contribution in [0.4, 0.5) is 21.5 Å². The van der Waals surface area contributed by atoms with Crippen molar-refractivity contribution in [2.24, 2.45) is 7.05 Å². The van der Waals surface area contributed by atoms with E-state index < -0.39 is 4.92 Å². The van der Waals surface area contributed by atoms with Crippen molar-refractivity contribution < 1.29 is 14.1 Å². The third kappa shape index (κ3) is 4.40. The van der Waals surface area contributed by atoms with Crippen LogP contribution in [0.25, 0.3) is 0 Å². The molecule has 2 aromatic carbocycles. The molecule has 1 aromatic heterocycles. The molecule has 1 aliphatic heterocycles. The number of halogens is 1. The molecular weight excluding hydrogens is 401 g/mol. The van der Waals surface area contributed by atoms with Crippen molar-refractivity contribution in [3.63, 3.8) is 0 Å². The molecule has 0 bridgehead atoms. The summed E-state index contributed by atoms with van der Waals surface area (Å²) in [5.41, 5.74) is 1.49. The number of rotatable bonds is 6. The first-order valence-electron chi connectivity index (χ1n) is 10.00. The van der Waals surface area contributed by atoms with Gasteiger partial charge in [-0.3, -0.25) is 14.9 Å². The molecule has 1 N–H and O–H groups in total. The van der Waals surface area contributed by atoms with Crippen molar-refractivity contribution in [1.82, 2.24) is 9.55 Å². The van der Waals surface area contributed by atoms with Gasteiger partial charge in [-0.2, -0.15) is 0 Å². The van der Waals surface area contributed by atoms with Gasteiger partial charge >= 0.3 is 0 Å². The van der Waals surface area contributed by atoms with Crippen molar-refractivity contribution in [2.75, 3.05) is 23.3 Å². The Labute approximate surface area is 178 Å². The minimum Gasteiger partial charge on any atom is -0.382 e. The third-order valence-electron chi connectivity index (χ3n) is 5.51. The van der Waals surface area contributed by atoms with E-state index in [2.05, 4.69) is 10.3 Å². The highest BCUT2D eigenvalue weighted by molar-refractivity contribution is 6.07. The first-order valence-corrected chi connectivity index (χ1v) is 10.00. The fourth-order valence-corrected chi connectivity index (χ4v) is 3.84. The van der Waals surface area contributed by atoms with E-state index in [-0.39, 0.29) is 34.7 Å². The van der Waals surface area contributed by atoms with Crippen LogP contribution in [0.5, 0.6) is 0 Å². The van der Waals surface area contributed by atoms with Gasteiger partial charge in [0, 0.05) is 55.9 Å². The van der Waals surface area contributed by atoms with Gasteiger partial charge in [0.25, 0.3) is 5.69 Å². The molecule has 4 rings (SSSR count). The van der Waals surface area contributed by atoms with Gasteiger partial charge in [-0.25, -0.2) is 9.37 Å². The van der Waals surface area contributed by atoms with E-state index in [1.54, 1.807) is 42.1 Å². The second-order valence-corrected chi connectivity index (χ2v) is 7.56. The Morgan fingerprint density at radius 1 is 1.19 bits per heavy atom. The zero-order valence-electron chi connectivity index (χ0n) is 17.0. The summed E-state index contributed by atoms with van der Waals surface area (Å²) >= 11 is 0. The number of hydrogen-bond donors (Lipinski definition) is 1. The highest BCUT2D eigenvalue weighted by Crippen LogP contribution is 2.32. The summed E-state index contributed by atoms with van der Waals surface area (Å²) in [5.74, 6) is -0.406. The molecule has 31 heavy (non-hydrogen) atoms. The van der Waals surface area contributed by atoms with E-state index >= 15 is 0 Å². The number of hydrogen-bond acceptors (Lipinski definition) is 6. The lowest BCUT2D eigenvalue weighted by molar-refractivity contribution is -0.384. The summed E-state index contributed by atoms with van der Waals surface area (Å²) in [7, 11) is 1.70. The Balaban J connectivity index is 1.48. The average molecular weight is 423 g/mol.